The second-order valence-corrected chi connectivity index (χ2v) is 5.95. The first kappa shape index (κ1) is 15.0. The van der Waals surface area contributed by atoms with Crippen molar-refractivity contribution in [3.05, 3.63) is 29.1 Å². The predicted molar refractivity (Wildman–Crippen MR) is 52.6 cm³/mol. The van der Waals surface area contributed by atoms with E-state index in [1.807, 2.05) is 0 Å². The summed E-state index contributed by atoms with van der Waals surface area (Å²) in [5.41, 5.74) is 0. The fraction of sp³-hybridized carbons (Fsp3) is 0.333. The largest absolute Gasteiger partial charge is 0.542 e. The molecule has 0 aliphatic carbocycles. The highest BCUT2D eigenvalue weighted by Crippen LogP contribution is 2.20. The van der Waals surface area contributed by atoms with Gasteiger partial charge in [-0.15, -0.1) is 0 Å². The number of hydrogen-bond acceptors (Lipinski definition) is 3. The standard InChI is InChI=1S/C9H9F5O3Si/c1-15-18(16-2,17-3)9-7(13)5(11)4(10)6(12)8(9)14/h1-3H3. The lowest BCUT2D eigenvalue weighted by Crippen LogP contribution is -2.58. The molecule has 1 aromatic carbocycles. The van der Waals surface area contributed by atoms with Gasteiger partial charge < -0.3 is 13.3 Å². The van der Waals surface area contributed by atoms with Crippen molar-refractivity contribution >= 4 is 14.0 Å². The van der Waals surface area contributed by atoms with Gasteiger partial charge in [-0.05, 0) is 0 Å². The van der Waals surface area contributed by atoms with E-state index < -0.39 is 43.1 Å². The minimum Gasteiger partial charge on any atom is -0.373 e. The van der Waals surface area contributed by atoms with Gasteiger partial charge in [0.05, 0.1) is 0 Å². The molecule has 0 bridgehead atoms. The van der Waals surface area contributed by atoms with Crippen LogP contribution < -0.4 is 5.19 Å². The first-order valence-electron chi connectivity index (χ1n) is 4.53. The highest BCUT2D eigenvalue weighted by molar-refractivity contribution is 6.75. The Balaban J connectivity index is 3.69. The molecule has 0 aliphatic rings. The van der Waals surface area contributed by atoms with Crippen molar-refractivity contribution < 1.29 is 35.2 Å². The minimum atomic E-state index is -4.16. The third-order valence-corrected chi connectivity index (χ3v) is 4.99. The average Bonchev–Trinajstić information content (AvgIpc) is 2.39. The van der Waals surface area contributed by atoms with Crippen LogP contribution in [0.2, 0.25) is 0 Å². The highest BCUT2D eigenvalue weighted by Gasteiger charge is 2.49. The quantitative estimate of drug-likeness (QED) is 0.363. The summed E-state index contributed by atoms with van der Waals surface area (Å²) in [5, 5.41) is -1.22. The summed E-state index contributed by atoms with van der Waals surface area (Å²) >= 11 is 0. The molecule has 0 radical (unpaired) electrons. The van der Waals surface area contributed by atoms with Crippen molar-refractivity contribution in [2.45, 2.75) is 0 Å². The molecular formula is C9H9F5O3Si. The molecule has 102 valence electrons. The summed E-state index contributed by atoms with van der Waals surface area (Å²) in [5.74, 6) is -10.5. The van der Waals surface area contributed by atoms with Gasteiger partial charge in [-0.2, -0.15) is 0 Å². The molecule has 0 unspecified atom stereocenters. The summed E-state index contributed by atoms with van der Waals surface area (Å²) in [6.07, 6.45) is 0. The lowest BCUT2D eigenvalue weighted by atomic mass is 10.3. The monoisotopic (exact) mass is 288 g/mol. The van der Waals surface area contributed by atoms with Crippen LogP contribution in [0.1, 0.15) is 0 Å². The zero-order valence-electron chi connectivity index (χ0n) is 9.61. The van der Waals surface area contributed by atoms with E-state index in [0.29, 0.717) is 0 Å². The molecule has 0 aliphatic heterocycles. The van der Waals surface area contributed by atoms with Crippen molar-refractivity contribution in [1.29, 1.82) is 0 Å². The molecule has 0 atom stereocenters. The predicted octanol–water partition coefficient (Wildman–Crippen LogP) is 1.47. The number of rotatable bonds is 4. The van der Waals surface area contributed by atoms with Gasteiger partial charge in [-0.1, -0.05) is 0 Å². The van der Waals surface area contributed by atoms with Crippen molar-refractivity contribution in [2.75, 3.05) is 21.3 Å². The Morgan fingerprint density at radius 3 is 1.17 bits per heavy atom. The lowest BCUT2D eigenvalue weighted by Gasteiger charge is -2.25. The molecular weight excluding hydrogens is 279 g/mol. The fourth-order valence-electron chi connectivity index (χ4n) is 1.43. The Bertz CT molecular complexity index is 427. The molecule has 0 saturated carbocycles. The first-order valence-corrected chi connectivity index (χ1v) is 6.26. The van der Waals surface area contributed by atoms with E-state index in [9.17, 15) is 22.0 Å². The smallest absolute Gasteiger partial charge is 0.373 e. The Hall–Kier alpha value is -1.03. The molecule has 0 fully saturated rings. The highest BCUT2D eigenvalue weighted by atomic mass is 28.4. The zero-order chi connectivity index (χ0) is 14.1. The molecule has 1 rings (SSSR count). The normalized spacial score (nSPS) is 12.0. The van der Waals surface area contributed by atoms with E-state index in [1.165, 1.54) is 0 Å². The van der Waals surface area contributed by atoms with E-state index in [1.54, 1.807) is 0 Å². The summed E-state index contributed by atoms with van der Waals surface area (Å²) < 4.78 is 80.1. The van der Waals surface area contributed by atoms with Gasteiger partial charge in [0, 0.05) is 21.3 Å². The molecule has 0 spiro atoms. The lowest BCUT2D eigenvalue weighted by molar-refractivity contribution is 0.137. The van der Waals surface area contributed by atoms with Gasteiger partial charge >= 0.3 is 8.80 Å². The molecule has 0 N–H and O–H groups in total. The average molecular weight is 288 g/mol. The van der Waals surface area contributed by atoms with Gasteiger partial charge in [-0.3, -0.25) is 0 Å². The molecule has 9 heteroatoms. The van der Waals surface area contributed by atoms with Crippen LogP contribution in [-0.2, 0) is 13.3 Å². The van der Waals surface area contributed by atoms with Crippen LogP contribution in [0.5, 0.6) is 0 Å². The van der Waals surface area contributed by atoms with Crippen molar-refractivity contribution in [1.82, 2.24) is 0 Å². The SMILES string of the molecule is CO[Si](OC)(OC)c1c(F)c(F)c(F)c(F)c1F. The fourth-order valence-corrected chi connectivity index (χ4v) is 3.30. The molecule has 0 heterocycles. The van der Waals surface area contributed by atoms with E-state index in [0.717, 1.165) is 21.3 Å². The second-order valence-electron chi connectivity index (χ2n) is 3.11. The summed E-state index contributed by atoms with van der Waals surface area (Å²) in [6, 6.07) is 0. The van der Waals surface area contributed by atoms with Crippen LogP contribution in [0.3, 0.4) is 0 Å². The number of halogens is 5. The molecule has 0 aromatic heterocycles. The van der Waals surface area contributed by atoms with Gasteiger partial charge in [0.25, 0.3) is 0 Å². The van der Waals surface area contributed by atoms with Crippen LogP contribution in [0, 0.1) is 29.1 Å². The third kappa shape index (κ3) is 2.03. The number of benzene rings is 1. The maximum absolute atomic E-state index is 13.5. The Morgan fingerprint density at radius 1 is 0.611 bits per heavy atom. The van der Waals surface area contributed by atoms with E-state index in [2.05, 4.69) is 0 Å². The van der Waals surface area contributed by atoms with Crippen LogP contribution >= 0.6 is 0 Å². The summed E-state index contributed by atoms with van der Waals surface area (Å²) in [7, 11) is -1.21. The van der Waals surface area contributed by atoms with E-state index in [-0.39, 0.29) is 0 Å². The molecule has 3 nitrogen and oxygen atoms in total. The summed E-state index contributed by atoms with van der Waals surface area (Å²) in [4.78, 5) is 0. The van der Waals surface area contributed by atoms with Gasteiger partial charge in [0.15, 0.2) is 23.3 Å². The first-order chi connectivity index (χ1) is 8.36. The Labute approximate surface area is 100 Å². The van der Waals surface area contributed by atoms with Crippen molar-refractivity contribution in [3.8, 4) is 0 Å². The van der Waals surface area contributed by atoms with E-state index >= 15 is 0 Å². The van der Waals surface area contributed by atoms with Crippen LogP contribution in [0.15, 0.2) is 0 Å². The van der Waals surface area contributed by atoms with Gasteiger partial charge in [0.2, 0.25) is 5.82 Å². The van der Waals surface area contributed by atoms with Crippen LogP contribution in [-0.4, -0.2) is 30.1 Å². The van der Waals surface area contributed by atoms with Crippen LogP contribution in [0.4, 0.5) is 22.0 Å². The van der Waals surface area contributed by atoms with Crippen molar-refractivity contribution in [3.63, 3.8) is 0 Å². The molecule has 0 amide bonds. The molecule has 18 heavy (non-hydrogen) atoms. The maximum Gasteiger partial charge on any atom is 0.542 e. The topological polar surface area (TPSA) is 27.7 Å². The second kappa shape index (κ2) is 5.30. The van der Waals surface area contributed by atoms with Gasteiger partial charge in [0.1, 0.15) is 5.19 Å². The third-order valence-electron chi connectivity index (χ3n) is 2.32. The Kier molecular flexibility index (Phi) is 4.43. The molecule has 0 saturated heterocycles. The summed E-state index contributed by atoms with van der Waals surface area (Å²) in [6.45, 7) is 0. The van der Waals surface area contributed by atoms with Crippen molar-refractivity contribution in [2.24, 2.45) is 0 Å². The minimum absolute atomic E-state index is 0.983. The molecule has 1 aromatic rings. The maximum atomic E-state index is 13.5. The van der Waals surface area contributed by atoms with Crippen LogP contribution in [0.25, 0.3) is 0 Å². The zero-order valence-corrected chi connectivity index (χ0v) is 10.6. The van der Waals surface area contributed by atoms with Gasteiger partial charge in [-0.25, -0.2) is 22.0 Å². The van der Waals surface area contributed by atoms with E-state index in [4.69, 9.17) is 13.3 Å². The number of hydrogen-bond donors (Lipinski definition) is 0. The Morgan fingerprint density at radius 2 is 0.889 bits per heavy atom.